The van der Waals surface area contributed by atoms with E-state index in [0.717, 1.165) is 23.3 Å². The zero-order valence-corrected chi connectivity index (χ0v) is 21.6. The molecule has 0 spiro atoms. The molecular weight excluding hydrogens is 513 g/mol. The maximum absolute atomic E-state index is 13.6. The van der Waals surface area contributed by atoms with Gasteiger partial charge in [0.2, 0.25) is 10.0 Å². The molecular formula is C26H24FN5O3S2. The van der Waals surface area contributed by atoms with Crippen molar-refractivity contribution in [3.05, 3.63) is 102 Å². The van der Waals surface area contributed by atoms with Crippen LogP contribution >= 0.6 is 12.2 Å². The molecule has 1 saturated heterocycles. The van der Waals surface area contributed by atoms with Gasteiger partial charge in [-0.15, -0.1) is 0 Å². The van der Waals surface area contributed by atoms with Crippen LogP contribution in [0, 0.1) is 5.82 Å². The zero-order chi connectivity index (χ0) is 26.2. The lowest BCUT2D eigenvalue weighted by molar-refractivity contribution is 0.417. The molecule has 0 unspecified atom stereocenters. The topological polar surface area (TPSA) is 88.5 Å². The highest BCUT2D eigenvalue weighted by molar-refractivity contribution is 7.92. The monoisotopic (exact) mass is 537 g/mol. The van der Waals surface area contributed by atoms with Crippen LogP contribution < -0.4 is 19.7 Å². The van der Waals surface area contributed by atoms with Crippen molar-refractivity contribution in [3.63, 3.8) is 0 Å². The Morgan fingerprint density at radius 2 is 1.81 bits per heavy atom. The molecule has 11 heteroatoms. The molecule has 3 heterocycles. The Kier molecular flexibility index (Phi) is 6.57. The van der Waals surface area contributed by atoms with E-state index in [0.29, 0.717) is 22.2 Å². The number of rotatable bonds is 7. The maximum Gasteiger partial charge on any atom is 0.229 e. The van der Waals surface area contributed by atoms with Crippen molar-refractivity contribution in [3.8, 4) is 11.4 Å². The molecule has 0 aliphatic carbocycles. The Balaban J connectivity index is 1.64. The second-order valence-corrected chi connectivity index (χ2v) is 10.7. The van der Waals surface area contributed by atoms with Crippen LogP contribution in [0.3, 0.4) is 0 Å². The Morgan fingerprint density at radius 1 is 1.05 bits per heavy atom. The average Bonchev–Trinajstić information content (AvgIpc) is 3.49. The first-order valence-electron chi connectivity index (χ1n) is 11.3. The summed E-state index contributed by atoms with van der Waals surface area (Å²) in [5.41, 5.74) is 3.51. The molecule has 0 radical (unpaired) electrons. The van der Waals surface area contributed by atoms with Crippen molar-refractivity contribution in [2.75, 3.05) is 23.0 Å². The molecule has 1 aliphatic rings. The van der Waals surface area contributed by atoms with E-state index in [1.807, 2.05) is 46.0 Å². The van der Waals surface area contributed by atoms with Gasteiger partial charge in [-0.3, -0.25) is 9.71 Å². The lowest BCUT2D eigenvalue weighted by Crippen LogP contribution is -2.30. The van der Waals surface area contributed by atoms with Crippen LogP contribution in [0.15, 0.2) is 85.2 Å². The molecule has 1 aliphatic heterocycles. The molecule has 0 bridgehead atoms. The van der Waals surface area contributed by atoms with Crippen molar-refractivity contribution < 1.29 is 17.5 Å². The van der Waals surface area contributed by atoms with E-state index < -0.39 is 10.0 Å². The number of anilines is 2. The predicted molar refractivity (Wildman–Crippen MR) is 145 cm³/mol. The SMILES string of the molecule is COc1cc(N2C(=S)N[C@@H](c3ccccn3)[C@H]2c2cccn2-c2ccc(F)cc2)ccc1NS(C)(=O)=O. The third-order valence-corrected chi connectivity index (χ3v) is 6.95. The molecule has 2 aromatic carbocycles. The molecule has 8 nitrogen and oxygen atoms in total. The van der Waals surface area contributed by atoms with Crippen LogP contribution in [-0.2, 0) is 10.0 Å². The number of hydrogen-bond donors (Lipinski definition) is 2. The smallest absolute Gasteiger partial charge is 0.229 e. The van der Waals surface area contributed by atoms with Crippen LogP contribution in [0.2, 0.25) is 0 Å². The largest absolute Gasteiger partial charge is 0.494 e. The number of hydrogen-bond acceptors (Lipinski definition) is 5. The summed E-state index contributed by atoms with van der Waals surface area (Å²) in [5, 5.41) is 3.88. The first kappa shape index (κ1) is 24.7. The Labute approximate surface area is 219 Å². The van der Waals surface area contributed by atoms with Crippen LogP contribution in [0.25, 0.3) is 5.69 Å². The van der Waals surface area contributed by atoms with Gasteiger partial charge in [0.15, 0.2) is 5.11 Å². The highest BCUT2D eigenvalue weighted by Gasteiger charge is 2.42. The number of nitrogens with zero attached hydrogens (tertiary/aromatic N) is 3. The molecule has 4 aromatic rings. The number of sulfonamides is 1. The number of pyridine rings is 1. The highest BCUT2D eigenvalue weighted by atomic mass is 32.2. The summed E-state index contributed by atoms with van der Waals surface area (Å²) in [4.78, 5) is 6.53. The summed E-state index contributed by atoms with van der Waals surface area (Å²) >= 11 is 5.80. The molecule has 1 fully saturated rings. The lowest BCUT2D eigenvalue weighted by atomic mass is 10.0. The number of halogens is 1. The summed E-state index contributed by atoms with van der Waals surface area (Å²) in [6.07, 6.45) is 4.72. The molecule has 2 aromatic heterocycles. The van der Waals surface area contributed by atoms with Gasteiger partial charge < -0.3 is 19.5 Å². The lowest BCUT2D eigenvalue weighted by Gasteiger charge is -2.29. The van der Waals surface area contributed by atoms with Gasteiger partial charge in [-0.2, -0.15) is 0 Å². The molecule has 2 N–H and O–H groups in total. The first-order chi connectivity index (χ1) is 17.7. The van der Waals surface area contributed by atoms with Gasteiger partial charge in [0.25, 0.3) is 0 Å². The number of aromatic nitrogens is 2. The summed E-state index contributed by atoms with van der Waals surface area (Å²) in [6, 6.07) is 20.4. The minimum atomic E-state index is -3.50. The standard InChI is InChI=1S/C26H24FN5O3S2/c1-35-23-16-19(12-13-20(23)30-37(2,33)34)32-25(24(29-26(32)36)21-6-3-4-14-28-21)22-7-5-15-31(22)18-10-8-17(27)9-11-18/h3-16,24-25,30H,1-2H3,(H,29,36)/t24-,25+/m0/s1. The number of methoxy groups -OCH3 is 1. The first-order valence-corrected chi connectivity index (χ1v) is 13.6. The van der Waals surface area contributed by atoms with E-state index in [1.54, 1.807) is 36.5 Å². The fraction of sp³-hybridized carbons (Fsp3) is 0.154. The molecule has 0 amide bonds. The highest BCUT2D eigenvalue weighted by Crippen LogP contribution is 2.44. The van der Waals surface area contributed by atoms with Crippen LogP contribution in [0.4, 0.5) is 15.8 Å². The van der Waals surface area contributed by atoms with Crippen molar-refractivity contribution in [1.29, 1.82) is 0 Å². The van der Waals surface area contributed by atoms with Crippen molar-refractivity contribution >= 4 is 38.7 Å². The van der Waals surface area contributed by atoms with Crippen LogP contribution in [0.5, 0.6) is 5.75 Å². The third-order valence-electron chi connectivity index (χ3n) is 6.04. The van der Waals surface area contributed by atoms with Crippen LogP contribution in [-0.4, -0.2) is 36.4 Å². The van der Waals surface area contributed by atoms with Gasteiger partial charge in [0, 0.05) is 35.5 Å². The van der Waals surface area contributed by atoms with E-state index in [2.05, 4.69) is 15.0 Å². The summed E-state index contributed by atoms with van der Waals surface area (Å²) < 4.78 is 47.2. The second kappa shape index (κ2) is 9.83. The summed E-state index contributed by atoms with van der Waals surface area (Å²) in [6.45, 7) is 0. The van der Waals surface area contributed by atoms with Gasteiger partial charge in [-0.1, -0.05) is 6.07 Å². The minimum absolute atomic E-state index is 0.303. The number of benzene rings is 2. The fourth-order valence-corrected chi connectivity index (χ4v) is 5.43. The van der Waals surface area contributed by atoms with Gasteiger partial charge in [0.05, 0.1) is 30.8 Å². The van der Waals surface area contributed by atoms with Gasteiger partial charge in [-0.05, 0) is 72.9 Å². The van der Waals surface area contributed by atoms with Gasteiger partial charge in [0.1, 0.15) is 17.6 Å². The van der Waals surface area contributed by atoms with E-state index in [9.17, 15) is 12.8 Å². The Bertz CT molecular complexity index is 1540. The van der Waals surface area contributed by atoms with Crippen LogP contribution in [0.1, 0.15) is 23.5 Å². The number of ether oxygens (including phenoxy) is 1. The van der Waals surface area contributed by atoms with E-state index in [-0.39, 0.29) is 17.9 Å². The number of nitrogens with one attached hydrogen (secondary N) is 2. The predicted octanol–water partition coefficient (Wildman–Crippen LogP) is 4.57. The molecule has 37 heavy (non-hydrogen) atoms. The third kappa shape index (κ3) is 5.00. The van der Waals surface area contributed by atoms with Crippen molar-refractivity contribution in [2.24, 2.45) is 0 Å². The van der Waals surface area contributed by atoms with Crippen molar-refractivity contribution in [2.45, 2.75) is 12.1 Å². The molecule has 2 atom stereocenters. The molecule has 5 rings (SSSR count). The van der Waals surface area contributed by atoms with Gasteiger partial charge in [-0.25, -0.2) is 12.8 Å². The van der Waals surface area contributed by atoms with Crippen molar-refractivity contribution in [1.82, 2.24) is 14.9 Å². The maximum atomic E-state index is 13.6. The summed E-state index contributed by atoms with van der Waals surface area (Å²) in [5.74, 6) is 0.0312. The Morgan fingerprint density at radius 3 is 2.49 bits per heavy atom. The molecule has 0 saturated carbocycles. The zero-order valence-electron chi connectivity index (χ0n) is 20.0. The average molecular weight is 538 g/mol. The van der Waals surface area contributed by atoms with E-state index >= 15 is 0 Å². The fourth-order valence-electron chi connectivity index (χ4n) is 4.52. The second-order valence-electron chi connectivity index (χ2n) is 8.53. The molecule has 190 valence electrons. The Hall–Kier alpha value is -3.96. The van der Waals surface area contributed by atoms with Gasteiger partial charge >= 0.3 is 0 Å². The minimum Gasteiger partial charge on any atom is -0.494 e. The normalized spacial score (nSPS) is 17.5. The number of thiocarbonyl (C=S) groups is 1. The quantitative estimate of drug-likeness (QED) is 0.334. The van der Waals surface area contributed by atoms with E-state index in [4.69, 9.17) is 17.0 Å². The van der Waals surface area contributed by atoms with E-state index in [1.165, 1.54) is 19.2 Å². The summed E-state index contributed by atoms with van der Waals surface area (Å²) in [7, 11) is -2.03.